The quantitative estimate of drug-likeness (QED) is 0.665. The van der Waals surface area contributed by atoms with Crippen molar-refractivity contribution >= 4 is 17.8 Å². The molecule has 0 atom stereocenters. The van der Waals surface area contributed by atoms with E-state index in [1.165, 1.54) is 0 Å². The first-order valence-corrected chi connectivity index (χ1v) is 9.90. The number of amides is 2. The molecule has 6 nitrogen and oxygen atoms in total. The van der Waals surface area contributed by atoms with Gasteiger partial charge in [0.05, 0.1) is 0 Å². The first-order chi connectivity index (χ1) is 14.0. The van der Waals surface area contributed by atoms with E-state index in [9.17, 15) is 14.4 Å². The van der Waals surface area contributed by atoms with Gasteiger partial charge in [-0.2, -0.15) is 0 Å². The van der Waals surface area contributed by atoms with Crippen LogP contribution in [0, 0.1) is 0 Å². The molecule has 0 radical (unpaired) electrons. The van der Waals surface area contributed by atoms with Gasteiger partial charge in [0.1, 0.15) is 0 Å². The van der Waals surface area contributed by atoms with Crippen molar-refractivity contribution < 1.29 is 19.5 Å². The lowest BCUT2D eigenvalue weighted by atomic mass is 10.1. The Kier molecular flexibility index (Phi) is 8.40. The van der Waals surface area contributed by atoms with Crippen molar-refractivity contribution in [2.45, 2.75) is 33.2 Å². The molecule has 0 spiro atoms. The number of carbonyl (C=O) groups is 3. The molecule has 2 rings (SSSR count). The van der Waals surface area contributed by atoms with Crippen LogP contribution in [0.1, 0.15) is 53.0 Å². The van der Waals surface area contributed by atoms with Crippen LogP contribution >= 0.6 is 0 Å². The minimum atomic E-state index is -0.878. The number of carboxylic acids is 1. The zero-order valence-corrected chi connectivity index (χ0v) is 17.0. The first-order valence-electron chi connectivity index (χ1n) is 9.90. The molecular formula is C23H28N2O4. The van der Waals surface area contributed by atoms with E-state index in [1.54, 1.807) is 34.1 Å². The predicted octanol–water partition coefficient (Wildman–Crippen LogP) is 3.68. The lowest BCUT2D eigenvalue weighted by Crippen LogP contribution is -2.32. The van der Waals surface area contributed by atoms with Crippen molar-refractivity contribution in [1.82, 2.24) is 9.80 Å². The highest BCUT2D eigenvalue weighted by molar-refractivity contribution is 5.97. The molecule has 6 heteroatoms. The fourth-order valence-electron chi connectivity index (χ4n) is 3.11. The van der Waals surface area contributed by atoms with Crippen LogP contribution in [0.3, 0.4) is 0 Å². The molecule has 1 N–H and O–H groups in total. The van der Waals surface area contributed by atoms with Crippen LogP contribution in [0.25, 0.3) is 0 Å². The number of hydrogen-bond donors (Lipinski definition) is 1. The predicted molar refractivity (Wildman–Crippen MR) is 112 cm³/mol. The summed E-state index contributed by atoms with van der Waals surface area (Å²) in [5.41, 5.74) is 2.00. The van der Waals surface area contributed by atoms with E-state index in [0.29, 0.717) is 43.7 Å². The van der Waals surface area contributed by atoms with E-state index >= 15 is 0 Å². The second kappa shape index (κ2) is 11.0. The zero-order valence-electron chi connectivity index (χ0n) is 17.0. The largest absolute Gasteiger partial charge is 0.481 e. The van der Waals surface area contributed by atoms with E-state index in [4.69, 9.17) is 5.11 Å². The van der Waals surface area contributed by atoms with Crippen molar-refractivity contribution in [3.05, 3.63) is 71.3 Å². The molecular weight excluding hydrogens is 368 g/mol. The maximum atomic E-state index is 13.0. The molecule has 0 aromatic heterocycles. The Morgan fingerprint density at radius 1 is 0.793 bits per heavy atom. The second-order valence-corrected chi connectivity index (χ2v) is 6.76. The number of benzene rings is 2. The molecule has 154 valence electrons. The third-order valence-corrected chi connectivity index (χ3v) is 4.75. The number of carbonyl (C=O) groups excluding carboxylic acids is 2. The van der Waals surface area contributed by atoms with Gasteiger partial charge in [-0.15, -0.1) is 0 Å². The summed E-state index contributed by atoms with van der Waals surface area (Å²) in [7, 11) is 0. The third kappa shape index (κ3) is 6.45. The molecule has 0 aliphatic rings. The Morgan fingerprint density at radius 2 is 1.31 bits per heavy atom. The van der Waals surface area contributed by atoms with E-state index in [-0.39, 0.29) is 18.2 Å². The lowest BCUT2D eigenvalue weighted by molar-refractivity contribution is -0.137. The van der Waals surface area contributed by atoms with Crippen LogP contribution in [0.2, 0.25) is 0 Å². The van der Waals surface area contributed by atoms with Gasteiger partial charge in [-0.3, -0.25) is 14.4 Å². The fraction of sp³-hybridized carbons (Fsp3) is 0.348. The highest BCUT2D eigenvalue weighted by atomic mass is 16.4. The van der Waals surface area contributed by atoms with Gasteiger partial charge in [0.25, 0.3) is 11.8 Å². The molecule has 0 unspecified atom stereocenters. The summed E-state index contributed by atoms with van der Waals surface area (Å²) in [5, 5.41) is 8.90. The zero-order chi connectivity index (χ0) is 21.2. The second-order valence-electron chi connectivity index (χ2n) is 6.76. The molecule has 0 aliphatic carbocycles. The summed E-state index contributed by atoms with van der Waals surface area (Å²) in [6.07, 6.45) is 0.391. The molecule has 0 bridgehead atoms. The molecule has 29 heavy (non-hydrogen) atoms. The van der Waals surface area contributed by atoms with E-state index in [2.05, 4.69) is 0 Å². The van der Waals surface area contributed by atoms with Gasteiger partial charge >= 0.3 is 5.97 Å². The van der Waals surface area contributed by atoms with Crippen LogP contribution < -0.4 is 0 Å². The van der Waals surface area contributed by atoms with Crippen molar-refractivity contribution in [2.75, 3.05) is 19.6 Å². The standard InChI is InChI=1S/C23H28N2O4/c1-3-24(4-2)22(28)19-12-14-20(15-13-19)23(29)25(16-8-11-21(26)27)17-18-9-6-5-7-10-18/h5-7,9-10,12-15H,3-4,8,11,16-17H2,1-2H3,(H,26,27). The van der Waals surface area contributed by atoms with Crippen molar-refractivity contribution in [1.29, 1.82) is 0 Å². The average Bonchev–Trinajstić information content (AvgIpc) is 2.74. The summed E-state index contributed by atoms with van der Waals surface area (Å²) in [6.45, 7) is 5.87. The van der Waals surface area contributed by atoms with Crippen LogP contribution in [0.5, 0.6) is 0 Å². The van der Waals surface area contributed by atoms with Gasteiger partial charge in [0, 0.05) is 43.7 Å². The van der Waals surface area contributed by atoms with E-state index < -0.39 is 5.97 Å². The molecule has 0 saturated heterocycles. The normalized spacial score (nSPS) is 10.4. The minimum absolute atomic E-state index is 0.00980. The van der Waals surface area contributed by atoms with Gasteiger partial charge in [0.15, 0.2) is 0 Å². The molecule has 2 aromatic rings. The Bertz CT molecular complexity index is 815. The van der Waals surface area contributed by atoms with E-state index in [1.807, 2.05) is 44.2 Å². The molecule has 2 aromatic carbocycles. The summed E-state index contributed by atoms with van der Waals surface area (Å²) >= 11 is 0. The number of nitrogens with zero attached hydrogens (tertiary/aromatic N) is 2. The Morgan fingerprint density at radius 3 is 1.79 bits per heavy atom. The molecule has 0 aliphatic heterocycles. The van der Waals surface area contributed by atoms with Gasteiger partial charge in [0.2, 0.25) is 0 Å². The Hall–Kier alpha value is -3.15. The van der Waals surface area contributed by atoms with Crippen LogP contribution in [-0.2, 0) is 11.3 Å². The van der Waals surface area contributed by atoms with Gasteiger partial charge < -0.3 is 14.9 Å². The number of carboxylic acid groups (broad SMARTS) is 1. The minimum Gasteiger partial charge on any atom is -0.481 e. The highest BCUT2D eigenvalue weighted by Gasteiger charge is 2.18. The van der Waals surface area contributed by atoms with Crippen molar-refractivity contribution in [2.24, 2.45) is 0 Å². The van der Waals surface area contributed by atoms with Crippen molar-refractivity contribution in [3.63, 3.8) is 0 Å². The molecule has 0 heterocycles. The summed E-state index contributed by atoms with van der Waals surface area (Å²) in [4.78, 5) is 39.7. The van der Waals surface area contributed by atoms with Gasteiger partial charge in [-0.1, -0.05) is 30.3 Å². The topological polar surface area (TPSA) is 77.9 Å². The summed E-state index contributed by atoms with van der Waals surface area (Å²) < 4.78 is 0. The Labute approximate surface area is 171 Å². The maximum Gasteiger partial charge on any atom is 0.303 e. The van der Waals surface area contributed by atoms with Crippen LogP contribution in [-0.4, -0.2) is 52.3 Å². The lowest BCUT2D eigenvalue weighted by Gasteiger charge is -2.23. The maximum absolute atomic E-state index is 13.0. The summed E-state index contributed by atoms with van der Waals surface area (Å²) in [5.74, 6) is -1.12. The summed E-state index contributed by atoms with van der Waals surface area (Å²) in [6, 6.07) is 16.3. The molecule has 0 saturated carbocycles. The number of hydrogen-bond acceptors (Lipinski definition) is 3. The SMILES string of the molecule is CCN(CC)C(=O)c1ccc(C(=O)N(CCCC(=O)O)Cc2ccccc2)cc1. The number of aliphatic carboxylic acids is 1. The third-order valence-electron chi connectivity index (χ3n) is 4.75. The first kappa shape index (κ1) is 22.1. The van der Waals surface area contributed by atoms with Gasteiger partial charge in [-0.25, -0.2) is 0 Å². The monoisotopic (exact) mass is 396 g/mol. The highest BCUT2D eigenvalue weighted by Crippen LogP contribution is 2.14. The smallest absolute Gasteiger partial charge is 0.303 e. The van der Waals surface area contributed by atoms with Gasteiger partial charge in [-0.05, 0) is 50.1 Å². The van der Waals surface area contributed by atoms with Crippen molar-refractivity contribution in [3.8, 4) is 0 Å². The molecule has 2 amide bonds. The Balaban J connectivity index is 2.16. The average molecular weight is 396 g/mol. The van der Waals surface area contributed by atoms with Crippen LogP contribution in [0.15, 0.2) is 54.6 Å². The van der Waals surface area contributed by atoms with Crippen LogP contribution in [0.4, 0.5) is 0 Å². The van der Waals surface area contributed by atoms with E-state index in [0.717, 1.165) is 5.56 Å². The number of rotatable bonds is 10. The molecule has 0 fully saturated rings. The fourth-order valence-corrected chi connectivity index (χ4v) is 3.11.